The third kappa shape index (κ3) is 4.95. The van der Waals surface area contributed by atoms with Crippen LogP contribution in [0.15, 0.2) is 219 Å². The minimum absolute atomic E-state index is 0.224. The Morgan fingerprint density at radius 1 is 0.469 bits per heavy atom. The van der Waals surface area contributed by atoms with Crippen molar-refractivity contribution in [2.24, 2.45) is 0 Å². The number of benzene rings is 8. The van der Waals surface area contributed by atoms with Crippen LogP contribution in [0.2, 0.25) is 0 Å². The topological polar surface area (TPSA) is 35.0 Å². The van der Waals surface area contributed by atoms with Crippen molar-refractivity contribution in [3.63, 3.8) is 0 Å². The zero-order valence-corrected chi connectivity index (χ0v) is 34.6. The fraction of sp³-hybridized carbons (Fsp3) is 0.0169. The largest absolute Gasteiger partial charge is 0.468 e. The fourth-order valence-corrected chi connectivity index (χ4v) is 10.8. The van der Waals surface area contributed by atoms with Gasteiger partial charge in [-0.1, -0.05) is 127 Å². The van der Waals surface area contributed by atoms with Crippen LogP contribution < -0.4 is 9.31 Å². The van der Waals surface area contributed by atoms with E-state index in [1.54, 1.807) is 0 Å². The van der Waals surface area contributed by atoms with Crippen molar-refractivity contribution >= 4 is 60.7 Å². The Hall–Kier alpha value is -8.54. The van der Waals surface area contributed by atoms with Gasteiger partial charge in [0.15, 0.2) is 5.75 Å². The summed E-state index contributed by atoms with van der Waals surface area (Å²) in [5.74, 6) is 0.820. The highest BCUT2D eigenvalue weighted by Crippen LogP contribution is 2.53. The molecule has 0 radical (unpaired) electrons. The highest BCUT2D eigenvalue weighted by atomic mass is 16.5. The molecular formula is C59H37N4O+. The second-order valence-corrected chi connectivity index (χ2v) is 16.8. The standard InChI is InChI=1S/C59H37N4O/c1-2-16-37(17-3-1)61-53-28-12-13-30-56(53)64-57-36-48-46(35-55(57)61)44-23-14-29-54(58(44)43-22-5-4-18-39(43)45-24-15-33-60-59(45)48)63-51-27-11-8-21-42(51)47-34-38(31-32-52(47)63)62-49-25-9-6-19-40(49)41-20-7-10-26-50(41)62/h1-36,56H/q+1. The first-order valence-electron chi connectivity index (χ1n) is 21.9. The first kappa shape index (κ1) is 35.1. The number of rotatable bonds is 3. The maximum absolute atomic E-state index is 6.91. The Labute approximate surface area is 369 Å². The average molecular weight is 818 g/mol. The van der Waals surface area contributed by atoms with E-state index in [0.717, 1.165) is 89.9 Å². The van der Waals surface area contributed by atoms with Gasteiger partial charge in [0.2, 0.25) is 17.5 Å². The van der Waals surface area contributed by atoms with Crippen molar-refractivity contribution in [2.75, 3.05) is 0 Å². The summed E-state index contributed by atoms with van der Waals surface area (Å²) in [4.78, 5) is 5.16. The van der Waals surface area contributed by atoms with E-state index in [0.29, 0.717) is 0 Å². The Balaban J connectivity index is 1.07. The predicted octanol–water partition coefficient (Wildman–Crippen LogP) is 14.4. The number of nitrogens with zero attached hydrogens (tertiary/aromatic N) is 4. The van der Waals surface area contributed by atoms with Crippen molar-refractivity contribution < 1.29 is 4.74 Å². The maximum atomic E-state index is 6.91. The Kier molecular flexibility index (Phi) is 7.39. The van der Waals surface area contributed by atoms with Crippen LogP contribution in [0.3, 0.4) is 0 Å². The Morgan fingerprint density at radius 3 is 1.92 bits per heavy atom. The lowest BCUT2D eigenvalue weighted by Gasteiger charge is -2.28. The molecule has 0 amide bonds. The van der Waals surface area contributed by atoms with Crippen LogP contribution >= 0.6 is 0 Å². The van der Waals surface area contributed by atoms with E-state index in [4.69, 9.17) is 9.72 Å². The number of allylic oxidation sites excluding steroid dienone is 2. The molecule has 2 aliphatic carbocycles. The summed E-state index contributed by atoms with van der Waals surface area (Å²) in [5.41, 5.74) is 18.8. The van der Waals surface area contributed by atoms with Gasteiger partial charge in [-0.3, -0.25) is 4.98 Å². The van der Waals surface area contributed by atoms with E-state index >= 15 is 0 Å². The van der Waals surface area contributed by atoms with E-state index < -0.39 is 0 Å². The van der Waals surface area contributed by atoms with E-state index in [2.05, 4.69) is 226 Å². The molecule has 298 valence electrons. The van der Waals surface area contributed by atoms with Gasteiger partial charge in [-0.2, -0.15) is 4.58 Å². The van der Waals surface area contributed by atoms with Gasteiger partial charge in [-0.25, -0.2) is 0 Å². The van der Waals surface area contributed by atoms with Crippen molar-refractivity contribution in [1.29, 1.82) is 0 Å². The lowest BCUT2D eigenvalue weighted by molar-refractivity contribution is 0.303. The smallest absolute Gasteiger partial charge is 0.254 e. The molecule has 0 fully saturated rings. The van der Waals surface area contributed by atoms with Crippen molar-refractivity contribution in [3.05, 3.63) is 219 Å². The van der Waals surface area contributed by atoms with E-state index in [1.807, 2.05) is 6.20 Å². The van der Waals surface area contributed by atoms with Gasteiger partial charge in [0.05, 0.1) is 33.4 Å². The van der Waals surface area contributed by atoms with Gasteiger partial charge in [0, 0.05) is 74.4 Å². The third-order valence-corrected chi connectivity index (χ3v) is 13.4. The lowest BCUT2D eigenvalue weighted by Crippen LogP contribution is -2.36. The number of fused-ring (bicyclic) bond motifs is 16. The van der Waals surface area contributed by atoms with Gasteiger partial charge in [-0.05, 0) is 82.9 Å². The second kappa shape index (κ2) is 13.5. The number of ether oxygens (including phenoxy) is 1. The molecule has 8 aromatic carbocycles. The zero-order chi connectivity index (χ0) is 41.9. The van der Waals surface area contributed by atoms with Crippen molar-refractivity contribution in [1.82, 2.24) is 18.7 Å². The maximum Gasteiger partial charge on any atom is 0.254 e. The average Bonchev–Trinajstić information content (AvgIpc) is 3.87. The van der Waals surface area contributed by atoms with Gasteiger partial charge < -0.3 is 13.9 Å². The molecule has 0 saturated heterocycles. The Morgan fingerprint density at radius 2 is 1.12 bits per heavy atom. The molecule has 11 aromatic rings. The molecule has 14 rings (SSSR count). The lowest BCUT2D eigenvalue weighted by atomic mass is 9.81. The summed E-state index contributed by atoms with van der Waals surface area (Å²) in [5, 5.41) is 4.92. The molecule has 0 saturated carbocycles. The van der Waals surface area contributed by atoms with Crippen LogP contribution in [-0.2, 0) is 0 Å². The van der Waals surface area contributed by atoms with E-state index in [-0.39, 0.29) is 6.10 Å². The molecule has 1 unspecified atom stereocenters. The molecule has 5 nitrogen and oxygen atoms in total. The number of pyridine rings is 1. The Bertz CT molecular complexity index is 3830. The van der Waals surface area contributed by atoms with Gasteiger partial charge >= 0.3 is 0 Å². The third-order valence-electron chi connectivity index (χ3n) is 13.4. The number of hydrogen-bond donors (Lipinski definition) is 0. The van der Waals surface area contributed by atoms with Gasteiger partial charge in [-0.15, -0.1) is 0 Å². The number of aromatic nitrogens is 3. The van der Waals surface area contributed by atoms with Crippen LogP contribution in [0.25, 0.3) is 99.6 Å². The minimum atomic E-state index is -0.224. The summed E-state index contributed by atoms with van der Waals surface area (Å²) in [7, 11) is 0. The zero-order valence-electron chi connectivity index (χ0n) is 34.6. The first-order valence-corrected chi connectivity index (χ1v) is 21.9. The second-order valence-electron chi connectivity index (χ2n) is 16.8. The molecular weight excluding hydrogens is 781 g/mol. The molecule has 0 spiro atoms. The SMILES string of the molecule is C1=CC2=[N+](c3ccccc3)c3cc4c(cc3OC2C=C1)-c1ncccc1-c1ccccc1-c1c-4cccc1-n1c2ccccc2c2cc(-n3c4ccccc4c4ccccc43)ccc21. The van der Waals surface area contributed by atoms with Crippen LogP contribution in [0.5, 0.6) is 5.75 Å². The highest BCUT2D eigenvalue weighted by Gasteiger charge is 2.38. The van der Waals surface area contributed by atoms with Gasteiger partial charge in [0.1, 0.15) is 0 Å². The monoisotopic (exact) mass is 817 g/mol. The summed E-state index contributed by atoms with van der Waals surface area (Å²) < 4.78 is 14.2. The minimum Gasteiger partial charge on any atom is -0.468 e. The van der Waals surface area contributed by atoms with Crippen LogP contribution in [0, 0.1) is 0 Å². The van der Waals surface area contributed by atoms with Crippen molar-refractivity contribution in [2.45, 2.75) is 6.10 Å². The molecule has 5 heteroatoms. The molecule has 4 heterocycles. The van der Waals surface area contributed by atoms with Crippen LogP contribution in [-0.4, -0.2) is 25.9 Å². The van der Waals surface area contributed by atoms with E-state index in [9.17, 15) is 0 Å². The van der Waals surface area contributed by atoms with Crippen LogP contribution in [0.4, 0.5) is 11.4 Å². The fourth-order valence-electron chi connectivity index (χ4n) is 10.8. The molecule has 0 bridgehead atoms. The quantitative estimate of drug-likeness (QED) is 0.167. The molecule has 1 aliphatic heterocycles. The predicted molar refractivity (Wildman–Crippen MR) is 264 cm³/mol. The summed E-state index contributed by atoms with van der Waals surface area (Å²) in [6, 6.07) is 68.4. The molecule has 3 aliphatic rings. The van der Waals surface area contributed by atoms with Crippen LogP contribution in [0.1, 0.15) is 0 Å². The normalized spacial score (nSPS) is 14.7. The molecule has 0 N–H and O–H groups in total. The summed E-state index contributed by atoms with van der Waals surface area (Å²) in [6.07, 6.45) is 10.2. The van der Waals surface area contributed by atoms with Crippen molar-refractivity contribution in [3.8, 4) is 61.8 Å². The summed E-state index contributed by atoms with van der Waals surface area (Å²) in [6.45, 7) is 0. The summed E-state index contributed by atoms with van der Waals surface area (Å²) >= 11 is 0. The number of hydrogen-bond acceptors (Lipinski definition) is 2. The number of para-hydroxylation sites is 4. The molecule has 3 aromatic heterocycles. The first-order chi connectivity index (χ1) is 31.8. The molecule has 1 atom stereocenters. The van der Waals surface area contributed by atoms with Gasteiger partial charge in [0.25, 0.3) is 5.69 Å². The highest BCUT2D eigenvalue weighted by molar-refractivity contribution is 6.14. The van der Waals surface area contributed by atoms with E-state index in [1.165, 1.54) is 32.6 Å². The molecule has 64 heavy (non-hydrogen) atoms.